The summed E-state index contributed by atoms with van der Waals surface area (Å²) < 4.78 is 3.52. The van der Waals surface area contributed by atoms with Crippen LogP contribution in [0.5, 0.6) is 0 Å². The lowest BCUT2D eigenvalue weighted by Gasteiger charge is -2.34. The summed E-state index contributed by atoms with van der Waals surface area (Å²) in [4.78, 5) is 14.4. The van der Waals surface area contributed by atoms with E-state index in [9.17, 15) is 0 Å². The SMILES string of the molecule is Cc1c(Cl)ccc2sc(N3CCN(c4nc5ccc(Br)cc5s4)CC3)nc12. The maximum atomic E-state index is 6.25. The Labute approximate surface area is 178 Å². The average Bonchev–Trinajstić information content (AvgIpc) is 3.29. The van der Waals surface area contributed by atoms with Gasteiger partial charge in [0.15, 0.2) is 10.3 Å². The number of fused-ring (bicyclic) bond motifs is 2. The molecule has 2 aromatic carbocycles. The van der Waals surface area contributed by atoms with Crippen molar-refractivity contribution < 1.29 is 0 Å². The molecular formula is C19H16BrClN4S2. The topological polar surface area (TPSA) is 32.3 Å². The highest BCUT2D eigenvalue weighted by Crippen LogP contribution is 2.35. The maximum absolute atomic E-state index is 6.25. The zero-order chi connectivity index (χ0) is 18.5. The van der Waals surface area contributed by atoms with Crippen LogP contribution in [0.2, 0.25) is 5.02 Å². The van der Waals surface area contributed by atoms with Gasteiger partial charge in [0.05, 0.1) is 20.4 Å². The fourth-order valence-corrected chi connectivity index (χ4v) is 6.13. The number of halogens is 2. The van der Waals surface area contributed by atoms with Crippen LogP contribution in [0.1, 0.15) is 5.56 Å². The molecule has 0 saturated carbocycles. The van der Waals surface area contributed by atoms with Gasteiger partial charge in [-0.2, -0.15) is 0 Å². The molecule has 0 aliphatic carbocycles. The third-order valence-electron chi connectivity index (χ3n) is 4.90. The van der Waals surface area contributed by atoms with E-state index in [-0.39, 0.29) is 0 Å². The molecule has 3 heterocycles. The Morgan fingerprint density at radius 3 is 2.33 bits per heavy atom. The van der Waals surface area contributed by atoms with E-state index in [4.69, 9.17) is 21.6 Å². The van der Waals surface area contributed by atoms with Gasteiger partial charge in [-0.1, -0.05) is 50.2 Å². The van der Waals surface area contributed by atoms with Crippen LogP contribution in [-0.2, 0) is 0 Å². The molecule has 4 nitrogen and oxygen atoms in total. The number of piperazine rings is 1. The Bertz CT molecular complexity index is 1150. The number of thiazole rings is 2. The molecule has 2 aromatic heterocycles. The molecule has 8 heteroatoms. The van der Waals surface area contributed by atoms with E-state index in [1.807, 2.05) is 19.1 Å². The summed E-state index contributed by atoms with van der Waals surface area (Å²) in [6.07, 6.45) is 0. The number of rotatable bonds is 2. The zero-order valence-corrected chi connectivity index (χ0v) is 18.6. The number of anilines is 2. The van der Waals surface area contributed by atoms with Gasteiger partial charge in [-0.05, 0) is 42.8 Å². The van der Waals surface area contributed by atoms with Crippen molar-refractivity contribution in [1.82, 2.24) is 9.97 Å². The number of benzene rings is 2. The third-order valence-corrected chi connectivity index (χ3v) is 7.96. The van der Waals surface area contributed by atoms with Crippen molar-refractivity contribution in [3.63, 3.8) is 0 Å². The normalized spacial score (nSPS) is 15.2. The lowest BCUT2D eigenvalue weighted by atomic mass is 10.2. The van der Waals surface area contributed by atoms with Gasteiger partial charge in [-0.3, -0.25) is 0 Å². The van der Waals surface area contributed by atoms with Crippen molar-refractivity contribution in [2.75, 3.05) is 36.0 Å². The lowest BCUT2D eigenvalue weighted by molar-refractivity contribution is 0.651. The monoisotopic (exact) mass is 478 g/mol. The molecule has 0 unspecified atom stereocenters. The highest BCUT2D eigenvalue weighted by atomic mass is 79.9. The van der Waals surface area contributed by atoms with Crippen molar-refractivity contribution in [2.24, 2.45) is 0 Å². The fraction of sp³-hybridized carbons (Fsp3) is 0.263. The van der Waals surface area contributed by atoms with Crippen LogP contribution in [0.3, 0.4) is 0 Å². The number of aryl methyl sites for hydroxylation is 1. The molecule has 4 aromatic rings. The zero-order valence-electron chi connectivity index (χ0n) is 14.6. The Hall–Kier alpha value is -1.41. The van der Waals surface area contributed by atoms with Crippen LogP contribution in [0.25, 0.3) is 20.4 Å². The van der Waals surface area contributed by atoms with Crippen LogP contribution < -0.4 is 9.80 Å². The third kappa shape index (κ3) is 3.20. The van der Waals surface area contributed by atoms with E-state index in [0.717, 1.165) is 62.5 Å². The van der Waals surface area contributed by atoms with E-state index < -0.39 is 0 Å². The van der Waals surface area contributed by atoms with Gasteiger partial charge < -0.3 is 9.80 Å². The number of aromatic nitrogens is 2. The molecule has 1 fully saturated rings. The van der Waals surface area contributed by atoms with E-state index >= 15 is 0 Å². The smallest absolute Gasteiger partial charge is 0.186 e. The van der Waals surface area contributed by atoms with Crippen molar-refractivity contribution >= 4 is 80.9 Å². The van der Waals surface area contributed by atoms with Crippen LogP contribution >= 0.6 is 50.2 Å². The van der Waals surface area contributed by atoms with Crippen molar-refractivity contribution in [3.8, 4) is 0 Å². The van der Waals surface area contributed by atoms with Crippen LogP contribution in [0.15, 0.2) is 34.8 Å². The Morgan fingerprint density at radius 1 is 0.926 bits per heavy atom. The molecule has 0 N–H and O–H groups in total. The summed E-state index contributed by atoms with van der Waals surface area (Å²) in [5.41, 5.74) is 3.16. The van der Waals surface area contributed by atoms with E-state index in [1.54, 1.807) is 22.7 Å². The van der Waals surface area contributed by atoms with Crippen molar-refractivity contribution in [2.45, 2.75) is 6.92 Å². The summed E-state index contributed by atoms with van der Waals surface area (Å²) in [5.74, 6) is 0. The Kier molecular flexibility index (Phi) is 4.50. The molecule has 0 spiro atoms. The Balaban J connectivity index is 1.35. The minimum absolute atomic E-state index is 0.784. The average molecular weight is 480 g/mol. The predicted molar refractivity (Wildman–Crippen MR) is 121 cm³/mol. The summed E-state index contributed by atoms with van der Waals surface area (Å²) in [7, 11) is 0. The van der Waals surface area contributed by atoms with Gasteiger partial charge in [-0.15, -0.1) is 0 Å². The van der Waals surface area contributed by atoms with Crippen LogP contribution in [-0.4, -0.2) is 36.1 Å². The quantitative estimate of drug-likeness (QED) is 0.355. The number of hydrogen-bond donors (Lipinski definition) is 0. The highest BCUT2D eigenvalue weighted by Gasteiger charge is 2.22. The second-order valence-corrected chi connectivity index (χ2v) is 9.94. The molecule has 0 radical (unpaired) electrons. The largest absolute Gasteiger partial charge is 0.345 e. The van der Waals surface area contributed by atoms with Gasteiger partial charge in [0.25, 0.3) is 0 Å². The molecule has 27 heavy (non-hydrogen) atoms. The minimum Gasteiger partial charge on any atom is -0.345 e. The second-order valence-electron chi connectivity index (χ2n) is 6.60. The minimum atomic E-state index is 0.784. The second kappa shape index (κ2) is 6.88. The highest BCUT2D eigenvalue weighted by molar-refractivity contribution is 9.10. The molecule has 0 atom stereocenters. The number of nitrogens with zero attached hydrogens (tertiary/aromatic N) is 4. The summed E-state index contributed by atoms with van der Waals surface area (Å²) in [5, 5.41) is 2.98. The lowest BCUT2D eigenvalue weighted by Crippen LogP contribution is -2.46. The van der Waals surface area contributed by atoms with Gasteiger partial charge in [-0.25, -0.2) is 9.97 Å². The van der Waals surface area contributed by atoms with Crippen molar-refractivity contribution in [3.05, 3.63) is 45.4 Å². The predicted octanol–water partition coefficient (Wildman–Crippen LogP) is 5.96. The summed E-state index contributed by atoms with van der Waals surface area (Å²) >= 11 is 13.3. The molecule has 138 valence electrons. The van der Waals surface area contributed by atoms with Gasteiger partial charge in [0, 0.05) is 35.7 Å². The van der Waals surface area contributed by atoms with E-state index in [0.29, 0.717) is 0 Å². The number of hydrogen-bond acceptors (Lipinski definition) is 6. The molecule has 0 amide bonds. The maximum Gasteiger partial charge on any atom is 0.186 e. The van der Waals surface area contributed by atoms with Gasteiger partial charge >= 0.3 is 0 Å². The molecule has 1 aliphatic heterocycles. The van der Waals surface area contributed by atoms with Crippen molar-refractivity contribution in [1.29, 1.82) is 0 Å². The first-order valence-corrected chi connectivity index (χ1v) is 11.5. The van der Waals surface area contributed by atoms with E-state index in [1.165, 1.54) is 9.40 Å². The fourth-order valence-electron chi connectivity index (χ4n) is 3.33. The first-order valence-electron chi connectivity index (χ1n) is 8.70. The van der Waals surface area contributed by atoms with Gasteiger partial charge in [0.2, 0.25) is 0 Å². The van der Waals surface area contributed by atoms with Crippen LogP contribution in [0, 0.1) is 6.92 Å². The summed E-state index contributed by atoms with van der Waals surface area (Å²) in [6, 6.07) is 10.3. The van der Waals surface area contributed by atoms with Gasteiger partial charge in [0.1, 0.15) is 0 Å². The standard InChI is InChI=1S/C19H16BrClN4S2/c1-11-13(21)3-5-15-17(11)23-19(26-15)25-8-6-24(7-9-25)18-22-14-4-2-12(20)10-16(14)27-18/h2-5,10H,6-9H2,1H3. The molecule has 5 rings (SSSR count). The van der Waals surface area contributed by atoms with Crippen LogP contribution in [0.4, 0.5) is 10.3 Å². The van der Waals surface area contributed by atoms with E-state index in [2.05, 4.69) is 43.9 Å². The Morgan fingerprint density at radius 2 is 1.59 bits per heavy atom. The molecule has 0 bridgehead atoms. The molecule has 1 aliphatic rings. The first-order chi connectivity index (χ1) is 13.1. The molecular weight excluding hydrogens is 464 g/mol. The summed E-state index contributed by atoms with van der Waals surface area (Å²) in [6.45, 7) is 5.85. The molecule has 1 saturated heterocycles. The first kappa shape index (κ1) is 17.7.